The Morgan fingerprint density at radius 2 is 2.20 bits per heavy atom. The summed E-state index contributed by atoms with van der Waals surface area (Å²) >= 11 is 6.05. The highest BCUT2D eigenvalue weighted by atomic mass is 35.5. The molecule has 1 heterocycles. The number of nitrogens with one attached hydrogen (secondary N) is 2. The molecular formula is C13H14ClN5O. The van der Waals surface area contributed by atoms with Gasteiger partial charge in [0.1, 0.15) is 0 Å². The predicted molar refractivity (Wildman–Crippen MR) is 76.4 cm³/mol. The molecule has 0 fully saturated rings. The maximum Gasteiger partial charge on any atom is 0.227 e. The molecule has 4 N–H and O–H groups in total. The van der Waals surface area contributed by atoms with Gasteiger partial charge in [-0.15, -0.1) is 0 Å². The lowest BCUT2D eigenvalue weighted by Crippen LogP contribution is -2.28. The summed E-state index contributed by atoms with van der Waals surface area (Å²) in [7, 11) is 0. The molecule has 1 unspecified atom stereocenters. The Hall–Kier alpha value is -2.08. The van der Waals surface area contributed by atoms with Gasteiger partial charge in [0.15, 0.2) is 0 Å². The fraction of sp³-hybridized carbons (Fsp3) is 0.308. The highest BCUT2D eigenvalue weighted by Gasteiger charge is 2.27. The zero-order chi connectivity index (χ0) is 14.1. The molecule has 0 saturated heterocycles. The molecule has 0 spiro atoms. The average Bonchev–Trinajstić information content (AvgIpc) is 2.89. The third kappa shape index (κ3) is 2.46. The number of amides is 1. The Balaban J connectivity index is 1.71. The summed E-state index contributed by atoms with van der Waals surface area (Å²) in [6.07, 6.45) is 2.13. The lowest BCUT2D eigenvalue weighted by atomic mass is 9.89. The number of hydrogen-bond acceptors (Lipinski definition) is 4. The number of rotatable bonds is 2. The molecule has 3 rings (SSSR count). The van der Waals surface area contributed by atoms with Gasteiger partial charge < -0.3 is 11.1 Å². The first-order chi connectivity index (χ1) is 9.63. The first-order valence-corrected chi connectivity index (χ1v) is 6.75. The molecule has 1 aromatic carbocycles. The van der Waals surface area contributed by atoms with Crippen LogP contribution in [0, 0.1) is 5.92 Å². The average molecular weight is 292 g/mol. The van der Waals surface area contributed by atoms with Gasteiger partial charge >= 0.3 is 0 Å². The summed E-state index contributed by atoms with van der Waals surface area (Å²) < 4.78 is 0. The third-order valence-electron chi connectivity index (χ3n) is 3.49. The Kier molecular flexibility index (Phi) is 3.31. The number of nitrogens with two attached hydrogens (primary N) is 1. The van der Waals surface area contributed by atoms with E-state index in [0.717, 1.165) is 24.2 Å². The fourth-order valence-corrected chi connectivity index (χ4v) is 2.61. The number of nitrogens with zero attached hydrogens (tertiary/aromatic N) is 2. The number of fused-ring (bicyclic) bond motifs is 1. The van der Waals surface area contributed by atoms with Gasteiger partial charge in [0.25, 0.3) is 0 Å². The van der Waals surface area contributed by atoms with Crippen molar-refractivity contribution in [1.29, 1.82) is 0 Å². The predicted octanol–water partition coefficient (Wildman–Crippen LogP) is 1.78. The number of nitrogen functional groups attached to an aromatic ring is 1. The molecule has 20 heavy (non-hydrogen) atoms. The number of anilines is 2. The number of carbonyl (C=O) groups is 1. The lowest BCUT2D eigenvalue weighted by Gasteiger charge is -2.20. The van der Waals surface area contributed by atoms with Crippen LogP contribution < -0.4 is 11.1 Å². The molecule has 0 saturated carbocycles. The minimum absolute atomic E-state index is 0.0506. The first kappa shape index (κ1) is 12.9. The van der Waals surface area contributed by atoms with Gasteiger partial charge in [0, 0.05) is 18.0 Å². The van der Waals surface area contributed by atoms with Gasteiger partial charge in [-0.25, -0.2) is 0 Å². The van der Waals surface area contributed by atoms with Crippen LogP contribution in [0.3, 0.4) is 0 Å². The number of aromatic amines is 1. The number of hydrogen-bond donors (Lipinski definition) is 3. The van der Waals surface area contributed by atoms with Crippen molar-refractivity contribution in [2.45, 2.75) is 19.3 Å². The van der Waals surface area contributed by atoms with Gasteiger partial charge in [-0.3, -0.25) is 4.79 Å². The number of carbonyl (C=O) groups excluding carboxylic acids is 1. The number of aromatic nitrogens is 3. The zero-order valence-electron chi connectivity index (χ0n) is 10.7. The van der Waals surface area contributed by atoms with E-state index >= 15 is 0 Å². The summed E-state index contributed by atoms with van der Waals surface area (Å²) in [5.41, 5.74) is 8.61. The van der Waals surface area contributed by atoms with Gasteiger partial charge in [-0.1, -0.05) is 11.6 Å². The zero-order valence-corrected chi connectivity index (χ0v) is 11.4. The van der Waals surface area contributed by atoms with Crippen molar-refractivity contribution in [3.8, 4) is 0 Å². The van der Waals surface area contributed by atoms with E-state index in [0.29, 0.717) is 22.8 Å². The summed E-state index contributed by atoms with van der Waals surface area (Å²) in [6, 6.07) is 5.03. The highest BCUT2D eigenvalue weighted by Crippen LogP contribution is 2.27. The van der Waals surface area contributed by atoms with E-state index in [2.05, 4.69) is 20.7 Å². The minimum atomic E-state index is -0.110. The van der Waals surface area contributed by atoms with E-state index < -0.39 is 0 Å². The third-order valence-corrected chi connectivity index (χ3v) is 3.81. The monoisotopic (exact) mass is 291 g/mol. The van der Waals surface area contributed by atoms with Crippen molar-refractivity contribution >= 4 is 28.9 Å². The molecule has 104 valence electrons. The molecule has 1 aliphatic carbocycles. The molecule has 6 nitrogen and oxygen atoms in total. The minimum Gasteiger partial charge on any atom is -0.399 e. The summed E-state index contributed by atoms with van der Waals surface area (Å²) in [4.78, 5) is 12.3. The van der Waals surface area contributed by atoms with Crippen molar-refractivity contribution in [3.63, 3.8) is 0 Å². The van der Waals surface area contributed by atoms with E-state index in [9.17, 15) is 4.79 Å². The molecule has 1 aliphatic rings. The van der Waals surface area contributed by atoms with E-state index in [4.69, 9.17) is 17.3 Å². The maximum atomic E-state index is 12.3. The summed E-state index contributed by atoms with van der Waals surface area (Å²) in [5, 5.41) is 14.0. The standard InChI is InChI=1S/C13H14ClN5O/c14-9-6-8(15)2-4-10(9)16-13(20)7-1-3-11-12(5-7)18-19-17-11/h2,4,6-7H,1,3,5,15H2,(H,16,20)(H,17,18,19). The van der Waals surface area contributed by atoms with Crippen molar-refractivity contribution in [1.82, 2.24) is 15.4 Å². The number of benzene rings is 1. The van der Waals surface area contributed by atoms with E-state index in [-0.39, 0.29) is 11.8 Å². The second-order valence-electron chi connectivity index (χ2n) is 4.89. The molecular weight excluding hydrogens is 278 g/mol. The molecule has 1 atom stereocenters. The Morgan fingerprint density at radius 1 is 1.40 bits per heavy atom. The van der Waals surface area contributed by atoms with Crippen molar-refractivity contribution < 1.29 is 4.79 Å². The molecule has 0 radical (unpaired) electrons. The fourth-order valence-electron chi connectivity index (χ4n) is 2.38. The van der Waals surface area contributed by atoms with Crippen LogP contribution in [0.15, 0.2) is 18.2 Å². The molecule has 0 aliphatic heterocycles. The Morgan fingerprint density at radius 3 is 3.00 bits per heavy atom. The van der Waals surface area contributed by atoms with Crippen molar-refractivity contribution in [2.24, 2.45) is 5.92 Å². The smallest absolute Gasteiger partial charge is 0.227 e. The topological polar surface area (TPSA) is 96.7 Å². The largest absolute Gasteiger partial charge is 0.399 e. The van der Waals surface area contributed by atoms with Crippen LogP contribution in [0.25, 0.3) is 0 Å². The van der Waals surface area contributed by atoms with Crippen LogP contribution in [0.1, 0.15) is 17.8 Å². The van der Waals surface area contributed by atoms with Crippen LogP contribution in [0.4, 0.5) is 11.4 Å². The number of aryl methyl sites for hydroxylation is 1. The van der Waals surface area contributed by atoms with Crippen LogP contribution in [-0.2, 0) is 17.6 Å². The lowest BCUT2D eigenvalue weighted by molar-refractivity contribution is -0.120. The van der Waals surface area contributed by atoms with E-state index in [1.807, 2.05) is 0 Å². The van der Waals surface area contributed by atoms with Crippen LogP contribution in [0.5, 0.6) is 0 Å². The Labute approximate surface area is 120 Å². The van der Waals surface area contributed by atoms with Gasteiger partial charge in [-0.05, 0) is 31.0 Å². The van der Waals surface area contributed by atoms with Crippen LogP contribution in [-0.4, -0.2) is 21.3 Å². The van der Waals surface area contributed by atoms with Gasteiger partial charge in [0.2, 0.25) is 5.91 Å². The summed E-state index contributed by atoms with van der Waals surface area (Å²) in [5.74, 6) is -0.161. The molecule has 0 bridgehead atoms. The van der Waals surface area contributed by atoms with Crippen LogP contribution >= 0.6 is 11.6 Å². The van der Waals surface area contributed by atoms with Crippen molar-refractivity contribution in [2.75, 3.05) is 11.1 Å². The normalized spacial score (nSPS) is 17.6. The van der Waals surface area contributed by atoms with Gasteiger partial charge in [-0.2, -0.15) is 15.4 Å². The van der Waals surface area contributed by atoms with E-state index in [1.165, 1.54) is 0 Å². The molecule has 1 amide bonds. The van der Waals surface area contributed by atoms with E-state index in [1.54, 1.807) is 18.2 Å². The quantitative estimate of drug-likeness (QED) is 0.735. The molecule has 7 heteroatoms. The van der Waals surface area contributed by atoms with Crippen LogP contribution in [0.2, 0.25) is 5.02 Å². The molecule has 2 aromatic rings. The van der Waals surface area contributed by atoms with Crippen molar-refractivity contribution in [3.05, 3.63) is 34.6 Å². The first-order valence-electron chi connectivity index (χ1n) is 6.38. The summed E-state index contributed by atoms with van der Waals surface area (Å²) in [6.45, 7) is 0. The number of halogens is 1. The molecule has 1 aromatic heterocycles. The van der Waals surface area contributed by atoms with Gasteiger partial charge in [0.05, 0.1) is 22.1 Å². The maximum absolute atomic E-state index is 12.3. The number of H-pyrrole nitrogens is 1. The SMILES string of the molecule is Nc1ccc(NC(=O)C2CCc3n[nH]nc3C2)c(Cl)c1. The second kappa shape index (κ2) is 5.13. The Bertz CT molecular complexity index is 654. The second-order valence-corrected chi connectivity index (χ2v) is 5.29. The highest BCUT2D eigenvalue weighted by molar-refractivity contribution is 6.34.